The second kappa shape index (κ2) is 6.37. The van der Waals surface area contributed by atoms with Gasteiger partial charge in [0.1, 0.15) is 11.8 Å². The number of ketones is 1. The molecule has 4 N–H and O–H groups in total. The number of Topliss-reactive ketones (excluding diaryl/α,β-unsaturated/α-hetero) is 1. The highest BCUT2D eigenvalue weighted by atomic mass is 35.5. The molecule has 0 spiro atoms. The van der Waals surface area contributed by atoms with E-state index in [1.165, 1.54) is 18.2 Å². The number of hydrogen-bond donors (Lipinski definition) is 3. The van der Waals surface area contributed by atoms with E-state index >= 15 is 0 Å². The smallest absolute Gasteiger partial charge is 0.320 e. The molecular formula is C12H14ClNO4. The summed E-state index contributed by atoms with van der Waals surface area (Å²) in [5.74, 6) is -1.52. The topological polar surface area (TPSA) is 101 Å². The van der Waals surface area contributed by atoms with Crippen LogP contribution in [0.2, 0.25) is 5.02 Å². The Morgan fingerprint density at radius 1 is 1.39 bits per heavy atom. The van der Waals surface area contributed by atoms with Gasteiger partial charge in [0, 0.05) is 11.4 Å². The Hall–Kier alpha value is -1.59. The predicted octanol–water partition coefficient (Wildman–Crippen LogP) is 1.81. The van der Waals surface area contributed by atoms with E-state index in [2.05, 4.69) is 0 Å². The zero-order valence-corrected chi connectivity index (χ0v) is 10.4. The number of halogens is 1. The molecular weight excluding hydrogens is 258 g/mol. The fraction of sp³-hybridized carbons (Fsp3) is 0.333. The van der Waals surface area contributed by atoms with Crippen LogP contribution < -0.4 is 5.73 Å². The minimum atomic E-state index is -1.09. The molecule has 18 heavy (non-hydrogen) atoms. The van der Waals surface area contributed by atoms with E-state index in [1.807, 2.05) is 0 Å². The summed E-state index contributed by atoms with van der Waals surface area (Å²) in [4.78, 5) is 22.2. The van der Waals surface area contributed by atoms with Crippen molar-refractivity contribution in [3.8, 4) is 5.75 Å². The van der Waals surface area contributed by atoms with Crippen molar-refractivity contribution in [1.82, 2.24) is 0 Å². The molecule has 0 saturated carbocycles. The van der Waals surface area contributed by atoms with Gasteiger partial charge in [-0.15, -0.1) is 0 Å². The van der Waals surface area contributed by atoms with Crippen molar-refractivity contribution in [2.75, 3.05) is 0 Å². The first-order valence-corrected chi connectivity index (χ1v) is 5.79. The number of benzene rings is 1. The van der Waals surface area contributed by atoms with Crippen LogP contribution in [0.5, 0.6) is 5.75 Å². The van der Waals surface area contributed by atoms with Crippen molar-refractivity contribution >= 4 is 23.4 Å². The molecule has 0 saturated heterocycles. The van der Waals surface area contributed by atoms with Gasteiger partial charge in [0.05, 0.1) is 5.56 Å². The Kier molecular flexibility index (Phi) is 5.12. The molecule has 1 rings (SSSR count). The van der Waals surface area contributed by atoms with E-state index in [1.54, 1.807) is 0 Å². The lowest BCUT2D eigenvalue weighted by Gasteiger charge is -2.06. The fourth-order valence-electron chi connectivity index (χ4n) is 1.48. The summed E-state index contributed by atoms with van der Waals surface area (Å²) >= 11 is 5.65. The Morgan fingerprint density at radius 3 is 2.61 bits per heavy atom. The van der Waals surface area contributed by atoms with E-state index in [4.69, 9.17) is 22.4 Å². The summed E-state index contributed by atoms with van der Waals surface area (Å²) in [6, 6.07) is 3.28. The average Bonchev–Trinajstić information content (AvgIpc) is 2.28. The maximum Gasteiger partial charge on any atom is 0.320 e. The first-order chi connectivity index (χ1) is 8.41. The molecule has 98 valence electrons. The molecule has 1 atom stereocenters. The second-order valence-electron chi connectivity index (χ2n) is 3.92. The van der Waals surface area contributed by atoms with Gasteiger partial charge < -0.3 is 15.9 Å². The molecule has 0 radical (unpaired) electrons. The second-order valence-corrected chi connectivity index (χ2v) is 4.36. The van der Waals surface area contributed by atoms with E-state index in [0.29, 0.717) is 11.4 Å². The van der Waals surface area contributed by atoms with Crippen LogP contribution in [0.3, 0.4) is 0 Å². The largest absolute Gasteiger partial charge is 0.507 e. The number of carboxylic acids is 1. The number of carboxylic acid groups (broad SMARTS) is 1. The first-order valence-electron chi connectivity index (χ1n) is 5.42. The Morgan fingerprint density at radius 2 is 2.06 bits per heavy atom. The third-order valence-electron chi connectivity index (χ3n) is 2.50. The van der Waals surface area contributed by atoms with Crippen LogP contribution in [0.1, 0.15) is 29.6 Å². The van der Waals surface area contributed by atoms with Crippen LogP contribution in [0, 0.1) is 0 Å². The fourth-order valence-corrected chi connectivity index (χ4v) is 1.65. The van der Waals surface area contributed by atoms with Crippen molar-refractivity contribution < 1.29 is 19.8 Å². The van der Waals surface area contributed by atoms with Crippen LogP contribution in [-0.2, 0) is 4.79 Å². The molecule has 1 unspecified atom stereocenters. The Labute approximate surface area is 109 Å². The lowest BCUT2D eigenvalue weighted by atomic mass is 10.0. The summed E-state index contributed by atoms with van der Waals surface area (Å²) < 4.78 is 0. The van der Waals surface area contributed by atoms with Crippen molar-refractivity contribution in [2.45, 2.75) is 25.3 Å². The molecule has 0 aliphatic heterocycles. The first kappa shape index (κ1) is 14.5. The molecule has 0 aliphatic rings. The molecule has 0 bridgehead atoms. The maximum atomic E-state index is 11.7. The monoisotopic (exact) mass is 271 g/mol. The van der Waals surface area contributed by atoms with Gasteiger partial charge in [-0.05, 0) is 31.0 Å². The van der Waals surface area contributed by atoms with Gasteiger partial charge in [-0.1, -0.05) is 11.6 Å². The number of aliphatic carboxylic acids is 1. The van der Waals surface area contributed by atoms with Crippen molar-refractivity contribution in [2.24, 2.45) is 5.73 Å². The third kappa shape index (κ3) is 4.01. The molecule has 1 aromatic rings. The normalized spacial score (nSPS) is 12.1. The lowest BCUT2D eigenvalue weighted by Crippen LogP contribution is -2.29. The van der Waals surface area contributed by atoms with E-state index in [9.17, 15) is 14.7 Å². The summed E-state index contributed by atoms with van der Waals surface area (Å²) in [7, 11) is 0. The SMILES string of the molecule is NC(CCCC(=O)c1ccc(Cl)cc1O)C(=O)O. The van der Waals surface area contributed by atoms with Crippen molar-refractivity contribution in [1.29, 1.82) is 0 Å². The molecule has 5 nitrogen and oxygen atoms in total. The minimum Gasteiger partial charge on any atom is -0.507 e. The van der Waals surface area contributed by atoms with E-state index < -0.39 is 12.0 Å². The highest BCUT2D eigenvalue weighted by Crippen LogP contribution is 2.23. The number of phenols is 1. The lowest BCUT2D eigenvalue weighted by molar-refractivity contribution is -0.138. The van der Waals surface area contributed by atoms with E-state index in [0.717, 1.165) is 0 Å². The number of carbonyl (C=O) groups excluding carboxylic acids is 1. The van der Waals surface area contributed by atoms with Crippen LogP contribution in [0.4, 0.5) is 0 Å². The average molecular weight is 272 g/mol. The zero-order chi connectivity index (χ0) is 13.7. The quantitative estimate of drug-likeness (QED) is 0.685. The number of hydrogen-bond acceptors (Lipinski definition) is 4. The maximum absolute atomic E-state index is 11.7. The third-order valence-corrected chi connectivity index (χ3v) is 2.73. The molecule has 0 aliphatic carbocycles. The van der Waals surface area contributed by atoms with Crippen LogP contribution in [0.25, 0.3) is 0 Å². The zero-order valence-electron chi connectivity index (χ0n) is 9.60. The van der Waals surface area contributed by atoms with Gasteiger partial charge in [0.2, 0.25) is 0 Å². The van der Waals surface area contributed by atoms with Crippen molar-refractivity contribution in [3.63, 3.8) is 0 Å². The van der Waals surface area contributed by atoms with Gasteiger partial charge >= 0.3 is 5.97 Å². The van der Waals surface area contributed by atoms with E-state index in [-0.39, 0.29) is 29.9 Å². The van der Waals surface area contributed by atoms with Gasteiger partial charge in [0.25, 0.3) is 0 Å². The van der Waals surface area contributed by atoms with Gasteiger partial charge in [0.15, 0.2) is 5.78 Å². The van der Waals surface area contributed by atoms with Crippen LogP contribution in [-0.4, -0.2) is 28.0 Å². The molecule has 1 aromatic carbocycles. The van der Waals surface area contributed by atoms with Gasteiger partial charge in [-0.25, -0.2) is 0 Å². The molecule has 0 heterocycles. The number of carbonyl (C=O) groups is 2. The molecule has 0 aromatic heterocycles. The predicted molar refractivity (Wildman–Crippen MR) is 66.9 cm³/mol. The summed E-state index contributed by atoms with van der Waals surface area (Å²) in [6.07, 6.45) is 0.708. The van der Waals surface area contributed by atoms with Gasteiger partial charge in [-0.3, -0.25) is 9.59 Å². The van der Waals surface area contributed by atoms with Crippen LogP contribution >= 0.6 is 11.6 Å². The summed E-state index contributed by atoms with van der Waals surface area (Å²) in [5, 5.41) is 18.5. The summed E-state index contributed by atoms with van der Waals surface area (Å²) in [6.45, 7) is 0. The number of aromatic hydroxyl groups is 1. The highest BCUT2D eigenvalue weighted by Gasteiger charge is 2.14. The summed E-state index contributed by atoms with van der Waals surface area (Å²) in [5.41, 5.74) is 5.50. The van der Waals surface area contributed by atoms with Crippen LogP contribution in [0.15, 0.2) is 18.2 Å². The molecule has 0 amide bonds. The molecule has 0 fully saturated rings. The standard InChI is InChI=1S/C12H14ClNO4/c13-7-4-5-8(11(16)6-7)10(15)3-1-2-9(14)12(17)18/h4-6,9,16H,1-3,14H2,(H,17,18). The van der Waals surface area contributed by atoms with Crippen molar-refractivity contribution in [3.05, 3.63) is 28.8 Å². The van der Waals surface area contributed by atoms with Gasteiger partial charge in [-0.2, -0.15) is 0 Å². The number of phenolic OH excluding ortho intramolecular Hbond substituents is 1. The number of rotatable bonds is 6. The minimum absolute atomic E-state index is 0.135. The highest BCUT2D eigenvalue weighted by molar-refractivity contribution is 6.30. The number of nitrogens with two attached hydrogens (primary N) is 1. The Bertz CT molecular complexity index is 461. The Balaban J connectivity index is 2.53. The molecule has 6 heteroatoms.